The first kappa shape index (κ1) is 25.4. The van der Waals surface area contributed by atoms with Crippen LogP contribution < -0.4 is 11.1 Å². The van der Waals surface area contributed by atoms with Gasteiger partial charge in [-0.15, -0.1) is 16.9 Å². The van der Waals surface area contributed by atoms with Gasteiger partial charge in [-0.25, -0.2) is 9.48 Å². The quantitative estimate of drug-likeness (QED) is 0.156. The fraction of sp³-hybridized carbons (Fsp3) is 0.526. The number of aromatic nitrogens is 6. The van der Waals surface area contributed by atoms with Crippen molar-refractivity contribution in [2.24, 2.45) is 12.2 Å². The van der Waals surface area contributed by atoms with Gasteiger partial charge in [-0.2, -0.15) is 9.36 Å². The minimum Gasteiger partial charge on any atom is -0.477 e. The number of aliphatic carboxylic acids is 1. The molecule has 0 aromatic carbocycles. The number of nitrogens with zero attached hydrogens (tertiary/aromatic N) is 8. The zero-order valence-corrected chi connectivity index (χ0v) is 21.9. The van der Waals surface area contributed by atoms with Gasteiger partial charge in [-0.3, -0.25) is 14.5 Å². The van der Waals surface area contributed by atoms with E-state index in [0.717, 1.165) is 37.2 Å². The monoisotopic (exact) mass is 566 g/mol. The van der Waals surface area contributed by atoms with E-state index in [1.807, 2.05) is 0 Å². The number of hydrogen-bond donors (Lipinski definition) is 3. The molecule has 2 unspecified atom stereocenters. The minimum atomic E-state index is -1.22. The molecule has 1 aliphatic carbocycles. The molecule has 2 aliphatic heterocycles. The lowest BCUT2D eigenvalue weighted by Gasteiger charge is -2.49. The average molecular weight is 567 g/mol. The van der Waals surface area contributed by atoms with Crippen LogP contribution >= 0.6 is 35.1 Å². The number of aryl methyl sites for hydroxylation is 1. The Balaban J connectivity index is 1.30. The Bertz CT molecular complexity index is 1290. The topological polar surface area (TPSA) is 204 Å². The summed E-state index contributed by atoms with van der Waals surface area (Å²) in [6.07, 6.45) is 3.59. The summed E-state index contributed by atoms with van der Waals surface area (Å²) in [6.45, 7) is 0. The van der Waals surface area contributed by atoms with Crippen molar-refractivity contribution in [2.45, 2.75) is 48.4 Å². The van der Waals surface area contributed by atoms with E-state index >= 15 is 0 Å². The molecule has 2 aromatic heterocycles. The number of carbonyl (C=O) groups is 3. The maximum atomic E-state index is 13.2. The number of amides is 2. The van der Waals surface area contributed by atoms with Crippen LogP contribution in [0.3, 0.4) is 0 Å². The van der Waals surface area contributed by atoms with Crippen LogP contribution in [-0.2, 0) is 26.3 Å². The van der Waals surface area contributed by atoms with Crippen molar-refractivity contribution in [3.63, 3.8) is 0 Å². The minimum absolute atomic E-state index is 0.00150. The molecule has 2 amide bonds. The van der Waals surface area contributed by atoms with Gasteiger partial charge in [0.1, 0.15) is 23.2 Å². The fourth-order valence-corrected chi connectivity index (χ4v) is 6.90. The van der Waals surface area contributed by atoms with Gasteiger partial charge in [0, 0.05) is 30.1 Å². The highest BCUT2D eigenvalue weighted by Gasteiger charge is 2.54. The Morgan fingerprint density at radius 2 is 2.14 bits per heavy atom. The Labute approximate surface area is 222 Å². The summed E-state index contributed by atoms with van der Waals surface area (Å²) in [4.78, 5) is 49.1. The van der Waals surface area contributed by atoms with Crippen molar-refractivity contribution in [3.8, 4) is 0 Å². The van der Waals surface area contributed by atoms with Crippen LogP contribution in [0.5, 0.6) is 0 Å². The molecule has 4 heterocycles. The second kappa shape index (κ2) is 10.6. The molecular weight excluding hydrogens is 544 g/mol. The van der Waals surface area contributed by atoms with Crippen molar-refractivity contribution in [1.29, 1.82) is 0 Å². The van der Waals surface area contributed by atoms with Gasteiger partial charge in [0.15, 0.2) is 5.13 Å². The first-order chi connectivity index (χ1) is 17.8. The number of tetrazole rings is 1. The van der Waals surface area contributed by atoms with E-state index in [0.29, 0.717) is 22.2 Å². The van der Waals surface area contributed by atoms with Crippen molar-refractivity contribution in [3.05, 3.63) is 17.1 Å². The molecular formula is C19H22N10O5S3. The molecule has 18 heteroatoms. The Morgan fingerprint density at radius 1 is 1.35 bits per heavy atom. The molecule has 0 radical (unpaired) electrons. The van der Waals surface area contributed by atoms with E-state index in [4.69, 9.17) is 10.6 Å². The van der Waals surface area contributed by atoms with Gasteiger partial charge in [-0.05, 0) is 41.7 Å². The van der Waals surface area contributed by atoms with Crippen LogP contribution in [-0.4, -0.2) is 92.1 Å². The highest BCUT2D eigenvalue weighted by atomic mass is 32.2. The number of hydrogen-bond acceptors (Lipinski definition) is 14. The SMILES string of the molecule is Cn1nnnc1SCC1=C(C(=O)O)N2C(=O)C(NC(=O)/C(=N/OC3CCCC3)c3nsc(N)n3)C2SC1. The van der Waals surface area contributed by atoms with Crippen molar-refractivity contribution in [2.75, 3.05) is 17.2 Å². The third-order valence-corrected chi connectivity index (χ3v) is 8.94. The van der Waals surface area contributed by atoms with Crippen LogP contribution in [0.4, 0.5) is 5.13 Å². The van der Waals surface area contributed by atoms with Crippen LogP contribution in [0, 0.1) is 0 Å². The number of carboxylic acids is 1. The summed E-state index contributed by atoms with van der Waals surface area (Å²) in [6, 6.07) is -0.948. The first-order valence-corrected chi connectivity index (χ1v) is 14.0. The standard InChI is InChI=1S/C19H22N10O5S3/c1-28-19(23-26-27-28)36-7-8-6-35-16-11(15(31)29(16)12(8)17(32)33)21-14(30)10(13-22-18(20)37-25-13)24-34-9-4-2-3-5-9/h9,11,16H,2-7H2,1H3,(H,21,30)(H,32,33)(H2,20,22,25)/b24-10+. The molecule has 15 nitrogen and oxygen atoms in total. The summed E-state index contributed by atoms with van der Waals surface area (Å²) in [5.41, 5.74) is 5.97. The van der Waals surface area contributed by atoms with E-state index in [1.165, 1.54) is 33.1 Å². The van der Waals surface area contributed by atoms with Crippen LogP contribution in [0.25, 0.3) is 0 Å². The second-order valence-corrected chi connectivity index (χ2v) is 11.2. The van der Waals surface area contributed by atoms with Gasteiger partial charge in [-0.1, -0.05) is 16.9 Å². The predicted molar refractivity (Wildman–Crippen MR) is 133 cm³/mol. The lowest BCUT2D eigenvalue weighted by atomic mass is 10.0. The number of fused-ring (bicyclic) bond motifs is 1. The molecule has 1 saturated carbocycles. The Morgan fingerprint density at radius 3 is 2.78 bits per heavy atom. The van der Waals surface area contributed by atoms with E-state index in [1.54, 1.807) is 7.05 Å². The summed E-state index contributed by atoms with van der Waals surface area (Å²) in [7, 11) is 1.68. The summed E-state index contributed by atoms with van der Waals surface area (Å²) >= 11 is 3.54. The molecule has 37 heavy (non-hydrogen) atoms. The zero-order valence-electron chi connectivity index (χ0n) is 19.4. The van der Waals surface area contributed by atoms with Gasteiger partial charge in [0.25, 0.3) is 11.8 Å². The number of nitrogen functional groups attached to an aromatic ring is 1. The maximum absolute atomic E-state index is 13.2. The number of anilines is 1. The lowest BCUT2D eigenvalue weighted by molar-refractivity contribution is -0.150. The number of carbonyl (C=O) groups excluding carboxylic acids is 2. The molecule has 0 bridgehead atoms. The number of β-lactam (4-membered cyclic amide) rings is 1. The van der Waals surface area contributed by atoms with Crippen LogP contribution in [0.2, 0.25) is 0 Å². The molecule has 3 aliphatic rings. The van der Waals surface area contributed by atoms with Gasteiger partial charge in [0.2, 0.25) is 16.7 Å². The van der Waals surface area contributed by atoms with Crippen molar-refractivity contribution in [1.82, 2.24) is 39.8 Å². The van der Waals surface area contributed by atoms with E-state index in [-0.39, 0.29) is 28.5 Å². The van der Waals surface area contributed by atoms with Crippen LogP contribution in [0.15, 0.2) is 21.6 Å². The highest BCUT2D eigenvalue weighted by molar-refractivity contribution is 8.01. The van der Waals surface area contributed by atoms with Crippen molar-refractivity contribution >= 4 is 63.7 Å². The molecule has 5 rings (SSSR count). The first-order valence-electron chi connectivity index (χ1n) is 11.2. The summed E-state index contributed by atoms with van der Waals surface area (Å²) in [5.74, 6) is -1.80. The Hall–Kier alpha value is -3.25. The third-order valence-electron chi connectivity index (χ3n) is 5.96. The Kier molecular flexibility index (Phi) is 7.29. The number of nitrogens with one attached hydrogen (secondary N) is 1. The summed E-state index contributed by atoms with van der Waals surface area (Å²) < 4.78 is 5.53. The normalized spacial score (nSPS) is 22.1. The molecule has 2 fully saturated rings. The number of nitrogens with two attached hydrogens (primary N) is 1. The predicted octanol–water partition coefficient (Wildman–Crippen LogP) is -0.162. The molecule has 4 N–H and O–H groups in total. The smallest absolute Gasteiger partial charge is 0.352 e. The average Bonchev–Trinajstić information content (AvgIpc) is 3.64. The van der Waals surface area contributed by atoms with Gasteiger partial charge >= 0.3 is 5.97 Å². The largest absolute Gasteiger partial charge is 0.477 e. The number of rotatable bonds is 9. The second-order valence-electron chi connectivity index (χ2n) is 8.40. The van der Waals surface area contributed by atoms with Crippen molar-refractivity contribution < 1.29 is 24.3 Å². The molecule has 2 atom stereocenters. The lowest BCUT2D eigenvalue weighted by Crippen LogP contribution is -2.71. The molecule has 0 spiro atoms. The molecule has 1 saturated heterocycles. The number of thioether (sulfide) groups is 2. The van der Waals surface area contributed by atoms with Gasteiger partial charge < -0.3 is 21.0 Å². The maximum Gasteiger partial charge on any atom is 0.352 e. The third kappa shape index (κ3) is 5.12. The van der Waals surface area contributed by atoms with E-state index in [9.17, 15) is 19.5 Å². The number of carboxylic acid groups (broad SMARTS) is 1. The highest BCUT2D eigenvalue weighted by Crippen LogP contribution is 2.41. The molecule has 2 aromatic rings. The number of oxime groups is 1. The summed E-state index contributed by atoms with van der Waals surface area (Å²) in [5, 5.41) is 27.8. The van der Waals surface area contributed by atoms with Crippen LogP contribution in [0.1, 0.15) is 31.5 Å². The van der Waals surface area contributed by atoms with E-state index < -0.39 is 29.2 Å². The molecule has 196 valence electrons. The van der Waals surface area contributed by atoms with E-state index in [2.05, 4.69) is 35.4 Å². The fourth-order valence-electron chi connectivity index (χ4n) is 4.14. The van der Waals surface area contributed by atoms with Gasteiger partial charge in [0.05, 0.1) is 0 Å². The zero-order chi connectivity index (χ0) is 26.1.